The highest BCUT2D eigenvalue weighted by Gasteiger charge is 2.06. The van der Waals surface area contributed by atoms with Crippen molar-refractivity contribution in [3.63, 3.8) is 0 Å². The van der Waals surface area contributed by atoms with Crippen LogP contribution in [0.15, 0.2) is 30.3 Å². The van der Waals surface area contributed by atoms with Crippen LogP contribution in [0.5, 0.6) is 0 Å². The molecular formula is C11H12ClN3. The van der Waals surface area contributed by atoms with Crippen LogP contribution in [-0.4, -0.2) is 15.0 Å². The van der Waals surface area contributed by atoms with Gasteiger partial charge in [-0.25, -0.2) is 4.68 Å². The van der Waals surface area contributed by atoms with Gasteiger partial charge in [-0.3, -0.25) is 0 Å². The van der Waals surface area contributed by atoms with Crippen LogP contribution in [0.1, 0.15) is 17.0 Å². The van der Waals surface area contributed by atoms with E-state index in [1.807, 2.05) is 29.8 Å². The molecule has 0 atom stereocenters. The minimum absolute atomic E-state index is 0.417. The maximum atomic E-state index is 5.73. The second-order valence-corrected chi connectivity index (χ2v) is 3.67. The van der Waals surface area contributed by atoms with Gasteiger partial charge in [0.05, 0.1) is 18.1 Å². The van der Waals surface area contributed by atoms with Gasteiger partial charge in [0.15, 0.2) is 0 Å². The molecule has 2 rings (SSSR count). The van der Waals surface area contributed by atoms with Gasteiger partial charge in [-0.1, -0.05) is 35.5 Å². The van der Waals surface area contributed by atoms with Crippen molar-refractivity contribution in [1.29, 1.82) is 0 Å². The molecule has 0 radical (unpaired) electrons. The average molecular weight is 222 g/mol. The summed E-state index contributed by atoms with van der Waals surface area (Å²) in [6.45, 7) is 2.73. The summed E-state index contributed by atoms with van der Waals surface area (Å²) in [4.78, 5) is 0. The summed E-state index contributed by atoms with van der Waals surface area (Å²) < 4.78 is 1.87. The number of hydrogen-bond donors (Lipinski definition) is 0. The first-order valence-corrected chi connectivity index (χ1v) is 5.33. The van der Waals surface area contributed by atoms with E-state index in [2.05, 4.69) is 22.4 Å². The van der Waals surface area contributed by atoms with E-state index in [9.17, 15) is 0 Å². The van der Waals surface area contributed by atoms with Crippen molar-refractivity contribution in [2.24, 2.45) is 0 Å². The minimum atomic E-state index is 0.417. The second kappa shape index (κ2) is 4.45. The summed E-state index contributed by atoms with van der Waals surface area (Å²) in [6.07, 6.45) is 0. The van der Waals surface area contributed by atoms with Gasteiger partial charge in [0.1, 0.15) is 5.69 Å². The van der Waals surface area contributed by atoms with Gasteiger partial charge in [-0.05, 0) is 12.5 Å². The molecule has 15 heavy (non-hydrogen) atoms. The molecule has 4 heteroatoms. The summed E-state index contributed by atoms with van der Waals surface area (Å²) in [5.74, 6) is 0.417. The van der Waals surface area contributed by atoms with Crippen LogP contribution in [0.3, 0.4) is 0 Å². The molecule has 1 aromatic heterocycles. The third kappa shape index (κ3) is 2.18. The molecule has 0 aliphatic heterocycles. The Kier molecular flexibility index (Phi) is 3.02. The molecule has 0 N–H and O–H groups in total. The Morgan fingerprint density at radius 1 is 1.27 bits per heavy atom. The van der Waals surface area contributed by atoms with Crippen molar-refractivity contribution in [1.82, 2.24) is 15.0 Å². The Hall–Kier alpha value is -1.35. The maximum Gasteiger partial charge on any atom is 0.100 e. The number of nitrogens with zero attached hydrogens (tertiary/aromatic N) is 3. The van der Waals surface area contributed by atoms with Gasteiger partial charge in [0, 0.05) is 0 Å². The highest BCUT2D eigenvalue weighted by atomic mass is 35.5. The summed E-state index contributed by atoms with van der Waals surface area (Å²) in [6, 6.07) is 10.2. The van der Waals surface area contributed by atoms with Crippen LogP contribution in [0.4, 0.5) is 0 Å². The zero-order chi connectivity index (χ0) is 10.7. The number of alkyl halides is 1. The van der Waals surface area contributed by atoms with Crippen LogP contribution in [0.2, 0.25) is 0 Å². The fraction of sp³-hybridized carbons (Fsp3) is 0.273. The lowest BCUT2D eigenvalue weighted by molar-refractivity contribution is 0.633. The van der Waals surface area contributed by atoms with Crippen molar-refractivity contribution >= 4 is 11.6 Å². The van der Waals surface area contributed by atoms with E-state index < -0.39 is 0 Å². The van der Waals surface area contributed by atoms with Crippen LogP contribution in [0.25, 0.3) is 0 Å². The van der Waals surface area contributed by atoms with Gasteiger partial charge in [0.2, 0.25) is 0 Å². The lowest BCUT2D eigenvalue weighted by Gasteiger charge is -2.02. The lowest BCUT2D eigenvalue weighted by Crippen LogP contribution is -2.03. The molecule has 0 saturated carbocycles. The third-order valence-corrected chi connectivity index (χ3v) is 2.63. The summed E-state index contributed by atoms with van der Waals surface area (Å²) in [7, 11) is 0. The van der Waals surface area contributed by atoms with Crippen molar-refractivity contribution in [2.75, 3.05) is 0 Å². The van der Waals surface area contributed by atoms with Crippen LogP contribution in [-0.2, 0) is 12.4 Å². The maximum absolute atomic E-state index is 5.73. The monoisotopic (exact) mass is 221 g/mol. The fourth-order valence-electron chi connectivity index (χ4n) is 1.43. The van der Waals surface area contributed by atoms with E-state index in [0.717, 1.165) is 17.9 Å². The Labute approximate surface area is 93.7 Å². The molecule has 0 amide bonds. The first-order chi connectivity index (χ1) is 7.31. The van der Waals surface area contributed by atoms with Gasteiger partial charge < -0.3 is 0 Å². The fourth-order valence-corrected chi connectivity index (χ4v) is 1.67. The number of aromatic nitrogens is 3. The van der Waals surface area contributed by atoms with Crippen LogP contribution < -0.4 is 0 Å². The molecule has 3 nitrogen and oxygen atoms in total. The van der Waals surface area contributed by atoms with Gasteiger partial charge >= 0.3 is 0 Å². The first kappa shape index (κ1) is 10.2. The molecule has 0 saturated heterocycles. The molecule has 1 aromatic carbocycles. The largest absolute Gasteiger partial charge is 0.245 e. The van der Waals surface area contributed by atoms with E-state index in [0.29, 0.717) is 5.88 Å². The van der Waals surface area contributed by atoms with Crippen LogP contribution >= 0.6 is 11.6 Å². The average Bonchev–Trinajstić information content (AvgIpc) is 2.62. The zero-order valence-electron chi connectivity index (χ0n) is 8.52. The van der Waals surface area contributed by atoms with Gasteiger partial charge in [-0.2, -0.15) is 0 Å². The van der Waals surface area contributed by atoms with E-state index in [-0.39, 0.29) is 0 Å². The predicted molar refractivity (Wildman–Crippen MR) is 59.9 cm³/mol. The summed E-state index contributed by atoms with van der Waals surface area (Å²) >= 11 is 5.73. The van der Waals surface area contributed by atoms with E-state index >= 15 is 0 Å². The molecule has 0 aliphatic rings. The normalized spacial score (nSPS) is 10.5. The van der Waals surface area contributed by atoms with Gasteiger partial charge in [-0.15, -0.1) is 16.7 Å². The number of rotatable bonds is 3. The Morgan fingerprint density at radius 2 is 2.00 bits per heavy atom. The van der Waals surface area contributed by atoms with Gasteiger partial charge in [0.25, 0.3) is 0 Å². The SMILES string of the molecule is Cc1c(CCl)nnn1Cc1ccccc1. The van der Waals surface area contributed by atoms with Crippen molar-refractivity contribution in [3.05, 3.63) is 47.3 Å². The highest BCUT2D eigenvalue weighted by Crippen LogP contribution is 2.09. The Morgan fingerprint density at radius 3 is 2.60 bits per heavy atom. The van der Waals surface area contributed by atoms with Crippen molar-refractivity contribution in [3.8, 4) is 0 Å². The smallest absolute Gasteiger partial charge is 0.100 e. The molecule has 0 bridgehead atoms. The molecule has 1 heterocycles. The second-order valence-electron chi connectivity index (χ2n) is 3.40. The molecule has 0 spiro atoms. The zero-order valence-corrected chi connectivity index (χ0v) is 9.28. The summed E-state index contributed by atoms with van der Waals surface area (Å²) in [5, 5.41) is 8.08. The standard InChI is InChI=1S/C11H12ClN3/c1-9-11(7-12)13-14-15(9)8-10-5-3-2-4-6-10/h2-6H,7-8H2,1H3. The number of hydrogen-bond acceptors (Lipinski definition) is 2. The molecule has 78 valence electrons. The molecule has 2 aromatic rings. The number of benzene rings is 1. The molecular weight excluding hydrogens is 210 g/mol. The van der Waals surface area contributed by atoms with Crippen molar-refractivity contribution in [2.45, 2.75) is 19.3 Å². The predicted octanol–water partition coefficient (Wildman–Crippen LogP) is 2.37. The molecule has 0 fully saturated rings. The third-order valence-electron chi connectivity index (χ3n) is 2.38. The van der Waals surface area contributed by atoms with Crippen LogP contribution in [0, 0.1) is 6.92 Å². The highest BCUT2D eigenvalue weighted by molar-refractivity contribution is 6.16. The van der Waals surface area contributed by atoms with Crippen molar-refractivity contribution < 1.29 is 0 Å². The molecule has 0 aliphatic carbocycles. The Bertz CT molecular complexity index is 436. The quantitative estimate of drug-likeness (QED) is 0.746. The topological polar surface area (TPSA) is 30.7 Å². The minimum Gasteiger partial charge on any atom is -0.245 e. The first-order valence-electron chi connectivity index (χ1n) is 4.80. The van der Waals surface area contributed by atoms with E-state index in [1.54, 1.807) is 0 Å². The molecule has 0 unspecified atom stereocenters. The van der Waals surface area contributed by atoms with E-state index in [4.69, 9.17) is 11.6 Å². The van der Waals surface area contributed by atoms with E-state index in [1.165, 1.54) is 5.56 Å². The number of halogens is 1. The summed E-state index contributed by atoms with van der Waals surface area (Å²) in [5.41, 5.74) is 3.10. The Balaban J connectivity index is 2.21. The lowest BCUT2D eigenvalue weighted by atomic mass is 10.2.